The molecule has 1 N–H and O–H groups in total. The molecule has 0 bridgehead atoms. The van der Waals surface area contributed by atoms with E-state index < -0.39 is 0 Å². The summed E-state index contributed by atoms with van der Waals surface area (Å²) < 4.78 is 0. The van der Waals surface area contributed by atoms with Crippen LogP contribution in [-0.2, 0) is 0 Å². The highest BCUT2D eigenvalue weighted by Crippen LogP contribution is 2.46. The first kappa shape index (κ1) is 15.0. The minimum atomic E-state index is 0.377. The molecule has 0 aromatic rings. The van der Waals surface area contributed by atoms with Crippen molar-refractivity contribution in [3.63, 3.8) is 0 Å². The summed E-state index contributed by atoms with van der Waals surface area (Å²) in [6.07, 6.45) is 5.53. The van der Waals surface area contributed by atoms with Crippen molar-refractivity contribution in [2.75, 3.05) is 13.1 Å². The van der Waals surface area contributed by atoms with Crippen LogP contribution >= 0.6 is 0 Å². The number of nitrogens with one attached hydrogen (secondary N) is 1. The molecule has 1 aliphatic heterocycles. The Morgan fingerprint density at radius 1 is 1.06 bits per heavy atom. The fraction of sp³-hybridized carbons (Fsp3) is 1.00. The summed E-state index contributed by atoms with van der Waals surface area (Å²) >= 11 is 0. The van der Waals surface area contributed by atoms with Gasteiger partial charge in [-0.2, -0.15) is 0 Å². The van der Waals surface area contributed by atoms with E-state index in [0.717, 1.165) is 11.8 Å². The summed E-state index contributed by atoms with van der Waals surface area (Å²) in [6.45, 7) is 16.9. The minimum absolute atomic E-state index is 0.377. The van der Waals surface area contributed by atoms with E-state index in [1.165, 1.54) is 38.8 Å². The third kappa shape index (κ3) is 3.71. The summed E-state index contributed by atoms with van der Waals surface area (Å²) in [5.74, 6) is 1.71. The van der Waals surface area contributed by atoms with E-state index in [-0.39, 0.29) is 0 Å². The Balaban J connectivity index is 2.78. The van der Waals surface area contributed by atoms with Crippen molar-refractivity contribution in [1.29, 1.82) is 0 Å². The number of hydrogen-bond donors (Lipinski definition) is 1. The second-order valence-electron chi connectivity index (χ2n) is 7.57. The Morgan fingerprint density at radius 3 is 2.29 bits per heavy atom. The Morgan fingerprint density at radius 2 is 1.71 bits per heavy atom. The van der Waals surface area contributed by atoms with Crippen molar-refractivity contribution in [2.45, 2.75) is 67.2 Å². The molecule has 102 valence electrons. The van der Waals surface area contributed by atoms with Crippen molar-refractivity contribution < 1.29 is 0 Å². The highest BCUT2D eigenvalue weighted by molar-refractivity contribution is 4.92. The van der Waals surface area contributed by atoms with Gasteiger partial charge in [-0.25, -0.2) is 0 Å². The first-order chi connectivity index (χ1) is 7.77. The molecular formula is C16H33N. The SMILES string of the molecule is CC1CCCNCC(C)(C(C)(C)C)C(C)CC1. The lowest BCUT2D eigenvalue weighted by Crippen LogP contribution is -2.47. The first-order valence-corrected chi connectivity index (χ1v) is 7.48. The van der Waals surface area contributed by atoms with Crippen molar-refractivity contribution >= 4 is 0 Å². The summed E-state index contributed by atoms with van der Waals surface area (Å²) in [4.78, 5) is 0. The van der Waals surface area contributed by atoms with Crippen LogP contribution in [0.1, 0.15) is 67.2 Å². The van der Waals surface area contributed by atoms with Crippen molar-refractivity contribution in [3.8, 4) is 0 Å². The van der Waals surface area contributed by atoms with Crippen LogP contribution in [0.15, 0.2) is 0 Å². The van der Waals surface area contributed by atoms with Crippen LogP contribution in [0.2, 0.25) is 0 Å². The molecule has 0 aromatic heterocycles. The molecule has 0 aromatic carbocycles. The van der Waals surface area contributed by atoms with E-state index in [9.17, 15) is 0 Å². The molecule has 17 heavy (non-hydrogen) atoms. The molecule has 1 rings (SSSR count). The highest BCUT2D eigenvalue weighted by Gasteiger charge is 2.41. The van der Waals surface area contributed by atoms with Gasteiger partial charge in [0.15, 0.2) is 0 Å². The molecule has 1 heterocycles. The summed E-state index contributed by atoms with van der Waals surface area (Å²) in [6, 6.07) is 0. The molecule has 1 fully saturated rings. The van der Waals surface area contributed by atoms with Crippen LogP contribution < -0.4 is 5.32 Å². The van der Waals surface area contributed by atoms with Crippen LogP contribution in [0, 0.1) is 22.7 Å². The normalized spacial score (nSPS) is 37.8. The second-order valence-corrected chi connectivity index (χ2v) is 7.57. The second kappa shape index (κ2) is 5.73. The average molecular weight is 239 g/mol. The predicted octanol–water partition coefficient (Wildman–Crippen LogP) is 4.47. The molecular weight excluding hydrogens is 206 g/mol. The molecule has 0 amide bonds. The molecule has 0 radical (unpaired) electrons. The Labute approximate surface area is 109 Å². The van der Waals surface area contributed by atoms with Crippen LogP contribution in [0.5, 0.6) is 0 Å². The lowest BCUT2D eigenvalue weighted by molar-refractivity contribution is 0.0332. The van der Waals surface area contributed by atoms with Gasteiger partial charge in [0.05, 0.1) is 0 Å². The Kier molecular flexibility index (Phi) is 5.07. The van der Waals surface area contributed by atoms with Crippen LogP contribution in [0.4, 0.5) is 0 Å². The maximum atomic E-state index is 3.70. The monoisotopic (exact) mass is 239 g/mol. The topological polar surface area (TPSA) is 12.0 Å². The van der Waals surface area contributed by atoms with Crippen molar-refractivity contribution in [2.24, 2.45) is 22.7 Å². The van der Waals surface area contributed by atoms with E-state index in [2.05, 4.69) is 46.9 Å². The smallest absolute Gasteiger partial charge is 0.00127 e. The highest BCUT2D eigenvalue weighted by atomic mass is 14.9. The van der Waals surface area contributed by atoms with Gasteiger partial charge in [0.2, 0.25) is 0 Å². The van der Waals surface area contributed by atoms with E-state index in [1.807, 2.05) is 0 Å². The number of rotatable bonds is 0. The summed E-state index contributed by atoms with van der Waals surface area (Å²) in [5, 5.41) is 3.70. The first-order valence-electron chi connectivity index (χ1n) is 7.48. The molecule has 0 aliphatic carbocycles. The number of hydrogen-bond acceptors (Lipinski definition) is 1. The lowest BCUT2D eigenvalue weighted by atomic mass is 9.60. The predicted molar refractivity (Wildman–Crippen MR) is 77.2 cm³/mol. The fourth-order valence-corrected chi connectivity index (χ4v) is 3.10. The molecule has 0 spiro atoms. The average Bonchev–Trinajstić information content (AvgIpc) is 2.22. The Bertz CT molecular complexity index is 228. The molecule has 3 unspecified atom stereocenters. The third-order valence-electron chi connectivity index (χ3n) is 5.44. The van der Waals surface area contributed by atoms with E-state index >= 15 is 0 Å². The van der Waals surface area contributed by atoms with Gasteiger partial charge in [0.1, 0.15) is 0 Å². The fourth-order valence-electron chi connectivity index (χ4n) is 3.10. The molecule has 0 saturated carbocycles. The van der Waals surface area contributed by atoms with Crippen LogP contribution in [0.25, 0.3) is 0 Å². The van der Waals surface area contributed by atoms with E-state index in [1.54, 1.807) is 0 Å². The van der Waals surface area contributed by atoms with Crippen molar-refractivity contribution in [3.05, 3.63) is 0 Å². The van der Waals surface area contributed by atoms with Gasteiger partial charge in [-0.1, -0.05) is 48.0 Å². The van der Waals surface area contributed by atoms with Gasteiger partial charge >= 0.3 is 0 Å². The third-order valence-corrected chi connectivity index (χ3v) is 5.44. The zero-order valence-electron chi connectivity index (χ0n) is 12.9. The Hall–Kier alpha value is -0.0400. The molecule has 1 aliphatic rings. The zero-order valence-corrected chi connectivity index (χ0v) is 12.9. The van der Waals surface area contributed by atoms with Gasteiger partial charge in [0.25, 0.3) is 0 Å². The van der Waals surface area contributed by atoms with Crippen LogP contribution in [-0.4, -0.2) is 13.1 Å². The molecule has 1 heteroatoms. The standard InChI is InChI=1S/C16H33N/c1-13-8-7-11-17-12-16(6,15(3,4)5)14(2)10-9-13/h13-14,17H,7-12H2,1-6H3. The molecule has 1 saturated heterocycles. The van der Waals surface area contributed by atoms with E-state index in [4.69, 9.17) is 0 Å². The molecule has 3 atom stereocenters. The van der Waals surface area contributed by atoms with Gasteiger partial charge in [-0.05, 0) is 48.5 Å². The van der Waals surface area contributed by atoms with E-state index in [0.29, 0.717) is 10.8 Å². The minimum Gasteiger partial charge on any atom is -0.316 e. The van der Waals surface area contributed by atoms with Crippen molar-refractivity contribution in [1.82, 2.24) is 5.32 Å². The quantitative estimate of drug-likeness (QED) is 0.657. The zero-order chi connectivity index (χ0) is 13.1. The van der Waals surface area contributed by atoms with Gasteiger partial charge in [0, 0.05) is 6.54 Å². The van der Waals surface area contributed by atoms with Gasteiger partial charge in [-0.15, -0.1) is 0 Å². The maximum Gasteiger partial charge on any atom is 0.00127 e. The summed E-state index contributed by atoms with van der Waals surface area (Å²) in [7, 11) is 0. The lowest BCUT2D eigenvalue weighted by Gasteiger charge is -2.47. The largest absolute Gasteiger partial charge is 0.316 e. The van der Waals surface area contributed by atoms with Gasteiger partial charge < -0.3 is 5.32 Å². The summed E-state index contributed by atoms with van der Waals surface area (Å²) in [5.41, 5.74) is 0.784. The van der Waals surface area contributed by atoms with Crippen LogP contribution in [0.3, 0.4) is 0 Å². The maximum absolute atomic E-state index is 3.70. The molecule has 1 nitrogen and oxygen atoms in total. The van der Waals surface area contributed by atoms with Gasteiger partial charge in [-0.3, -0.25) is 0 Å².